The molecule has 0 saturated heterocycles. The molecule has 118 valence electrons. The van der Waals surface area contributed by atoms with Gasteiger partial charge in [0.2, 0.25) is 0 Å². The Bertz CT molecular complexity index is 865. The third-order valence-electron chi connectivity index (χ3n) is 4.00. The Morgan fingerprint density at radius 2 is 2.04 bits per heavy atom. The number of carbonyl (C=O) groups excluding carboxylic acids is 1. The summed E-state index contributed by atoms with van der Waals surface area (Å²) in [6.07, 6.45) is 2.04. The van der Waals surface area contributed by atoms with E-state index in [-0.39, 0.29) is 5.91 Å². The van der Waals surface area contributed by atoms with Crippen molar-refractivity contribution in [3.63, 3.8) is 0 Å². The Kier molecular flexibility index (Phi) is 4.06. The number of methoxy groups -OCH3 is 1. The number of rotatable bonds is 4. The highest BCUT2D eigenvalue weighted by atomic mass is 16.5. The molecule has 0 radical (unpaired) electrons. The van der Waals surface area contributed by atoms with Crippen molar-refractivity contribution < 1.29 is 9.53 Å². The van der Waals surface area contributed by atoms with Gasteiger partial charge in [0, 0.05) is 36.3 Å². The van der Waals surface area contributed by atoms with Crippen molar-refractivity contribution in [2.75, 3.05) is 7.11 Å². The topological polar surface area (TPSA) is 43.3 Å². The van der Waals surface area contributed by atoms with E-state index in [0.717, 1.165) is 27.8 Å². The largest absolute Gasteiger partial charge is 0.497 e. The highest BCUT2D eigenvalue weighted by molar-refractivity contribution is 5.94. The maximum Gasteiger partial charge on any atom is 0.251 e. The molecule has 1 heterocycles. The number of nitrogens with zero attached hydrogens (tertiary/aromatic N) is 1. The monoisotopic (exact) mass is 308 g/mol. The van der Waals surface area contributed by atoms with Gasteiger partial charge >= 0.3 is 0 Å². The lowest BCUT2D eigenvalue weighted by Crippen LogP contribution is -2.22. The molecule has 0 saturated carbocycles. The van der Waals surface area contributed by atoms with E-state index in [1.807, 2.05) is 62.6 Å². The molecule has 0 unspecified atom stereocenters. The minimum atomic E-state index is -0.0615. The predicted octanol–water partition coefficient (Wildman–Crippen LogP) is 3.43. The molecule has 0 aliphatic carbocycles. The Morgan fingerprint density at radius 3 is 2.78 bits per heavy atom. The molecule has 1 amide bonds. The van der Waals surface area contributed by atoms with Crippen molar-refractivity contribution in [3.05, 3.63) is 65.4 Å². The molecule has 1 aromatic heterocycles. The number of hydrogen-bond acceptors (Lipinski definition) is 2. The second-order valence-corrected chi connectivity index (χ2v) is 5.70. The van der Waals surface area contributed by atoms with Crippen LogP contribution in [-0.2, 0) is 13.6 Å². The standard InChI is InChI=1S/C19H20N2O2/c1-13-5-4-6-14(9-13)19(22)20-11-15-12-21(2)18-8-7-16(23-3)10-17(15)18/h4-10,12H,11H2,1-3H3,(H,20,22). The number of fused-ring (bicyclic) bond motifs is 1. The van der Waals surface area contributed by atoms with E-state index in [1.54, 1.807) is 7.11 Å². The molecular weight excluding hydrogens is 288 g/mol. The van der Waals surface area contributed by atoms with Crippen LogP contribution >= 0.6 is 0 Å². The summed E-state index contributed by atoms with van der Waals surface area (Å²) >= 11 is 0. The van der Waals surface area contributed by atoms with Crippen molar-refractivity contribution in [1.82, 2.24) is 9.88 Å². The van der Waals surface area contributed by atoms with Gasteiger partial charge in [0.15, 0.2) is 0 Å². The van der Waals surface area contributed by atoms with Gasteiger partial charge in [-0.1, -0.05) is 17.7 Å². The molecule has 3 rings (SSSR count). The molecule has 0 fully saturated rings. The summed E-state index contributed by atoms with van der Waals surface area (Å²) in [5.41, 5.74) is 3.95. The van der Waals surface area contributed by atoms with Crippen LogP contribution in [0, 0.1) is 6.92 Å². The van der Waals surface area contributed by atoms with Gasteiger partial charge in [-0.15, -0.1) is 0 Å². The van der Waals surface area contributed by atoms with Gasteiger partial charge in [-0.25, -0.2) is 0 Å². The first-order chi connectivity index (χ1) is 11.1. The maximum absolute atomic E-state index is 12.3. The third kappa shape index (κ3) is 3.06. The number of aromatic nitrogens is 1. The molecule has 0 atom stereocenters. The number of aryl methyl sites for hydroxylation is 2. The summed E-state index contributed by atoms with van der Waals surface area (Å²) in [6.45, 7) is 2.46. The fourth-order valence-electron chi connectivity index (χ4n) is 2.78. The summed E-state index contributed by atoms with van der Waals surface area (Å²) in [4.78, 5) is 12.3. The van der Waals surface area contributed by atoms with Crippen LogP contribution in [0.4, 0.5) is 0 Å². The van der Waals surface area contributed by atoms with Crippen LogP contribution in [0.3, 0.4) is 0 Å². The summed E-state index contributed by atoms with van der Waals surface area (Å²) < 4.78 is 7.36. The highest BCUT2D eigenvalue weighted by Gasteiger charge is 2.10. The van der Waals surface area contributed by atoms with E-state index >= 15 is 0 Å². The van der Waals surface area contributed by atoms with Gasteiger partial charge in [0.25, 0.3) is 5.91 Å². The molecule has 23 heavy (non-hydrogen) atoms. The van der Waals surface area contributed by atoms with Gasteiger partial charge in [-0.3, -0.25) is 4.79 Å². The lowest BCUT2D eigenvalue weighted by atomic mass is 10.1. The fraction of sp³-hybridized carbons (Fsp3) is 0.211. The van der Waals surface area contributed by atoms with Crippen LogP contribution in [0.15, 0.2) is 48.7 Å². The normalized spacial score (nSPS) is 10.7. The Morgan fingerprint density at radius 1 is 1.22 bits per heavy atom. The second-order valence-electron chi connectivity index (χ2n) is 5.70. The van der Waals surface area contributed by atoms with Gasteiger partial charge in [0.05, 0.1) is 7.11 Å². The minimum Gasteiger partial charge on any atom is -0.497 e. The highest BCUT2D eigenvalue weighted by Crippen LogP contribution is 2.25. The number of ether oxygens (including phenoxy) is 1. The van der Waals surface area contributed by atoms with E-state index in [0.29, 0.717) is 12.1 Å². The first-order valence-corrected chi connectivity index (χ1v) is 7.55. The Hall–Kier alpha value is -2.75. The number of benzene rings is 2. The van der Waals surface area contributed by atoms with Gasteiger partial charge in [-0.2, -0.15) is 0 Å². The van der Waals surface area contributed by atoms with E-state index in [4.69, 9.17) is 4.74 Å². The Balaban J connectivity index is 1.83. The molecular formula is C19H20N2O2. The van der Waals surface area contributed by atoms with Crippen LogP contribution in [0.5, 0.6) is 5.75 Å². The molecule has 4 heteroatoms. The van der Waals surface area contributed by atoms with Crippen LogP contribution in [-0.4, -0.2) is 17.6 Å². The van der Waals surface area contributed by atoms with Crippen LogP contribution < -0.4 is 10.1 Å². The average molecular weight is 308 g/mol. The summed E-state index contributed by atoms with van der Waals surface area (Å²) in [5.74, 6) is 0.753. The molecule has 0 spiro atoms. The minimum absolute atomic E-state index is 0.0615. The summed E-state index contributed by atoms with van der Waals surface area (Å²) in [6, 6.07) is 13.6. The first kappa shape index (κ1) is 15.2. The third-order valence-corrected chi connectivity index (χ3v) is 4.00. The molecule has 0 bridgehead atoms. The molecule has 3 aromatic rings. The molecule has 2 aromatic carbocycles. The Labute approximate surface area is 135 Å². The van der Waals surface area contributed by atoms with E-state index in [9.17, 15) is 4.79 Å². The lowest BCUT2D eigenvalue weighted by Gasteiger charge is -2.06. The first-order valence-electron chi connectivity index (χ1n) is 7.55. The van der Waals surface area contributed by atoms with Gasteiger partial charge in [-0.05, 0) is 42.8 Å². The average Bonchev–Trinajstić information content (AvgIpc) is 2.88. The molecule has 0 aliphatic heterocycles. The second kappa shape index (κ2) is 6.16. The van der Waals surface area contributed by atoms with Crippen molar-refractivity contribution in [1.29, 1.82) is 0 Å². The van der Waals surface area contributed by atoms with Crippen LogP contribution in [0.25, 0.3) is 10.9 Å². The predicted molar refractivity (Wildman–Crippen MR) is 91.8 cm³/mol. The van der Waals surface area contributed by atoms with Crippen molar-refractivity contribution >= 4 is 16.8 Å². The van der Waals surface area contributed by atoms with E-state index < -0.39 is 0 Å². The SMILES string of the molecule is COc1ccc2c(c1)c(CNC(=O)c1cccc(C)c1)cn2C. The number of nitrogens with one attached hydrogen (secondary N) is 1. The zero-order valence-corrected chi connectivity index (χ0v) is 13.6. The molecule has 0 aliphatic rings. The van der Waals surface area contributed by atoms with E-state index in [1.165, 1.54) is 0 Å². The van der Waals surface area contributed by atoms with Crippen molar-refractivity contribution in [2.45, 2.75) is 13.5 Å². The van der Waals surface area contributed by atoms with Crippen LogP contribution in [0.2, 0.25) is 0 Å². The maximum atomic E-state index is 12.3. The lowest BCUT2D eigenvalue weighted by molar-refractivity contribution is 0.0951. The summed E-state index contributed by atoms with van der Waals surface area (Å²) in [7, 11) is 3.66. The van der Waals surface area contributed by atoms with Crippen molar-refractivity contribution in [3.8, 4) is 5.75 Å². The number of amides is 1. The van der Waals surface area contributed by atoms with Crippen LogP contribution in [0.1, 0.15) is 21.5 Å². The van der Waals surface area contributed by atoms with Gasteiger partial charge in [0.1, 0.15) is 5.75 Å². The molecule has 4 nitrogen and oxygen atoms in total. The zero-order valence-electron chi connectivity index (χ0n) is 13.6. The molecule has 1 N–H and O–H groups in total. The fourth-order valence-corrected chi connectivity index (χ4v) is 2.78. The smallest absolute Gasteiger partial charge is 0.251 e. The number of hydrogen-bond donors (Lipinski definition) is 1. The van der Waals surface area contributed by atoms with E-state index in [2.05, 4.69) is 9.88 Å². The van der Waals surface area contributed by atoms with Gasteiger partial charge < -0.3 is 14.6 Å². The quantitative estimate of drug-likeness (QED) is 0.802. The zero-order chi connectivity index (χ0) is 16.4. The summed E-state index contributed by atoms with van der Waals surface area (Å²) in [5, 5.41) is 4.09. The van der Waals surface area contributed by atoms with Crippen molar-refractivity contribution in [2.24, 2.45) is 7.05 Å². The number of carbonyl (C=O) groups is 1.